The topological polar surface area (TPSA) is 222 Å². The highest BCUT2D eigenvalue weighted by molar-refractivity contribution is 7.97. The van der Waals surface area contributed by atoms with E-state index in [1.807, 2.05) is 0 Å². The van der Waals surface area contributed by atoms with Crippen LogP contribution >= 0.6 is 10.5 Å². The summed E-state index contributed by atoms with van der Waals surface area (Å²) in [4.78, 5) is 51.3. The molecule has 12 rings (SSSR count). The lowest BCUT2D eigenvalue weighted by atomic mass is 9.49. The Bertz CT molecular complexity index is 3790. The zero-order valence-corrected chi connectivity index (χ0v) is 62.2. The summed E-state index contributed by atoms with van der Waals surface area (Å²) < 4.78 is 78.0. The summed E-state index contributed by atoms with van der Waals surface area (Å²) in [7, 11) is -8.77. The molecule has 0 amide bonds. The summed E-state index contributed by atoms with van der Waals surface area (Å²) in [5.74, 6) is 0.228. The monoisotopic (exact) mass is 1420 g/mol. The molecular weight excluding hydrogens is 1320 g/mol. The standard InChI is InChI=1S/C31H33O2S.C18H19S.C15H33N.2C8H9NO5S/c1-21-13-28(34(26-9-5-3-6-10-26)27-11-7-4-8-12-27)14-22(2)29(21)33-30(32)31-18-23-15-24(19-31)17-25(16-23)20-31;1-18(2,3)15-8-10-16(11-9-15)19-13-12-14-6-4-5-7-17(14)19;1-4-7-10-13-16(14-11-8-5-2)15-12-9-6-3;2*10-8(7-1-3-9-4-2-7)14-5-6-15(11,12)13/h3-14,23-25H,15-20H2,1-2H3;4-13H,1-3H3;4-15H2,1-3H3;2*1-4H,5-6H2,(H,11,12,13)/q2*+1;;;/p-2. The van der Waals surface area contributed by atoms with Gasteiger partial charge in [0.25, 0.3) is 0 Å². The summed E-state index contributed by atoms with van der Waals surface area (Å²) in [5, 5.41) is 3.70. The number of unbranched alkanes of at least 4 members (excludes halogenated alkanes) is 6. The smallest absolute Gasteiger partial charge is 0.338 e. The molecule has 4 fully saturated rings. The van der Waals surface area contributed by atoms with Crippen LogP contribution in [0.4, 0.5) is 0 Å². The maximum atomic E-state index is 13.6. The Morgan fingerprint density at radius 1 is 0.556 bits per heavy atom. The number of benzene rings is 5. The fraction of sp³-hybridized carbons (Fsp3) is 0.438. The summed E-state index contributed by atoms with van der Waals surface area (Å²) in [6, 6.07) is 51.6. The molecule has 1 unspecified atom stereocenters. The molecule has 1 atom stereocenters. The first-order valence-electron chi connectivity index (χ1n) is 34.9. The van der Waals surface area contributed by atoms with Gasteiger partial charge in [0.05, 0.1) is 59.2 Å². The van der Waals surface area contributed by atoms with Gasteiger partial charge in [-0.05, 0) is 204 Å². The number of nitrogens with zero attached hydrogens (tertiary/aromatic N) is 3. The van der Waals surface area contributed by atoms with Gasteiger partial charge in [0.1, 0.15) is 24.3 Å². The van der Waals surface area contributed by atoms with E-state index in [2.05, 4.69) is 213 Å². The maximum absolute atomic E-state index is 13.6. The van der Waals surface area contributed by atoms with E-state index in [4.69, 9.17) is 4.74 Å². The Labute approximate surface area is 594 Å². The minimum atomic E-state index is -4.34. The molecule has 4 saturated carbocycles. The molecule has 4 bridgehead atoms. The highest BCUT2D eigenvalue weighted by atomic mass is 32.2. The molecule has 0 aliphatic heterocycles. The number of carbonyl (C=O) groups excluding carboxylic acids is 3. The van der Waals surface area contributed by atoms with Crippen molar-refractivity contribution in [3.63, 3.8) is 0 Å². The van der Waals surface area contributed by atoms with E-state index in [0.29, 0.717) is 0 Å². The zero-order chi connectivity index (χ0) is 71.4. The van der Waals surface area contributed by atoms with Crippen LogP contribution in [0.5, 0.6) is 5.75 Å². The second-order valence-electron chi connectivity index (χ2n) is 27.1. The highest BCUT2D eigenvalue weighted by Crippen LogP contribution is 2.60. The summed E-state index contributed by atoms with van der Waals surface area (Å²) >= 11 is 0. The minimum Gasteiger partial charge on any atom is -0.748 e. The molecule has 3 heterocycles. The second kappa shape index (κ2) is 39.2. The predicted octanol–water partition coefficient (Wildman–Crippen LogP) is 17.8. The molecule has 8 aromatic rings. The van der Waals surface area contributed by atoms with Crippen molar-refractivity contribution < 1.29 is 54.5 Å². The first-order chi connectivity index (χ1) is 47.4. The lowest BCUT2D eigenvalue weighted by Crippen LogP contribution is -2.51. The van der Waals surface area contributed by atoms with Crippen LogP contribution in [0.3, 0.4) is 0 Å². The number of esters is 3. The van der Waals surface area contributed by atoms with Gasteiger partial charge < -0.3 is 28.2 Å². The molecule has 15 nitrogen and oxygen atoms in total. The molecule has 19 heteroatoms. The van der Waals surface area contributed by atoms with Crippen LogP contribution in [0.25, 0.3) is 15.0 Å². The van der Waals surface area contributed by atoms with Crippen molar-refractivity contribution >= 4 is 69.6 Å². The lowest BCUT2D eigenvalue weighted by Gasteiger charge is -2.55. The molecule has 4 aliphatic carbocycles. The Morgan fingerprint density at radius 2 is 0.970 bits per heavy atom. The number of pyridine rings is 2. The van der Waals surface area contributed by atoms with Crippen molar-refractivity contribution in [1.29, 1.82) is 0 Å². The molecule has 0 N–H and O–H groups in total. The minimum absolute atomic E-state index is 0.0377. The van der Waals surface area contributed by atoms with Crippen LogP contribution < -0.4 is 4.74 Å². The molecule has 0 spiro atoms. The molecular formula is C80H101N3O12S4. The Balaban J connectivity index is 0.000000184. The third-order valence-corrected chi connectivity index (χ3v) is 23.6. The second-order valence-corrected chi connectivity index (χ2v) is 34.0. The van der Waals surface area contributed by atoms with Gasteiger partial charge in [0, 0.05) is 58.8 Å². The number of aryl methyl sites for hydroxylation is 2. The number of rotatable bonds is 26. The van der Waals surface area contributed by atoms with E-state index in [1.54, 1.807) is 0 Å². The number of hydrogen-bond donors (Lipinski definition) is 0. The molecule has 4 aliphatic rings. The first kappa shape index (κ1) is 79.2. The Hall–Kier alpha value is -7.10. The van der Waals surface area contributed by atoms with Gasteiger partial charge in [-0.3, -0.25) is 14.8 Å². The zero-order valence-electron chi connectivity index (χ0n) is 59.0. The van der Waals surface area contributed by atoms with Crippen molar-refractivity contribution in [1.82, 2.24) is 14.9 Å². The van der Waals surface area contributed by atoms with Crippen LogP contribution in [-0.4, -0.2) is 103 Å². The number of aromatic nitrogens is 2. The Morgan fingerprint density at radius 3 is 1.37 bits per heavy atom. The maximum Gasteiger partial charge on any atom is 0.338 e. The van der Waals surface area contributed by atoms with Gasteiger partial charge in [-0.15, -0.1) is 0 Å². The van der Waals surface area contributed by atoms with Gasteiger partial charge in [-0.1, -0.05) is 141 Å². The number of carbonyl (C=O) groups is 3. The fourth-order valence-corrected chi connectivity index (χ4v) is 18.0. The number of thiophene rings is 1. The van der Waals surface area contributed by atoms with E-state index in [-0.39, 0.29) is 49.3 Å². The van der Waals surface area contributed by atoms with Crippen molar-refractivity contribution in [2.24, 2.45) is 23.2 Å². The van der Waals surface area contributed by atoms with Gasteiger partial charge in [0.2, 0.25) is 0 Å². The summed E-state index contributed by atoms with van der Waals surface area (Å²) in [5.41, 5.74) is 4.02. The quantitative estimate of drug-likeness (QED) is 0.0162. The van der Waals surface area contributed by atoms with E-state index < -0.39 is 56.9 Å². The van der Waals surface area contributed by atoms with Gasteiger partial charge >= 0.3 is 17.9 Å². The number of ether oxygens (including phenoxy) is 3. The third-order valence-electron chi connectivity index (χ3n) is 18.0. The van der Waals surface area contributed by atoms with E-state index in [0.717, 1.165) is 53.9 Å². The number of hydrogen-bond acceptors (Lipinski definition) is 15. The van der Waals surface area contributed by atoms with Crippen molar-refractivity contribution in [2.75, 3.05) is 44.4 Å². The van der Waals surface area contributed by atoms with Gasteiger partial charge in [0.15, 0.2) is 24.3 Å². The molecule has 99 heavy (non-hydrogen) atoms. The van der Waals surface area contributed by atoms with Crippen molar-refractivity contribution in [3.8, 4) is 10.6 Å². The van der Waals surface area contributed by atoms with Gasteiger partial charge in [-0.25, -0.2) is 26.4 Å². The van der Waals surface area contributed by atoms with E-state index in [9.17, 15) is 40.3 Å². The van der Waals surface area contributed by atoms with Crippen molar-refractivity contribution in [2.45, 2.75) is 172 Å². The van der Waals surface area contributed by atoms with Crippen LogP contribution in [0.1, 0.15) is 175 Å². The van der Waals surface area contributed by atoms with E-state index in [1.165, 1.54) is 181 Å². The number of fused-ring (bicyclic) bond motifs is 1. The fourth-order valence-electron chi connectivity index (χ4n) is 13.3. The molecule has 532 valence electrons. The normalized spacial score (nSPS) is 17.0. The van der Waals surface area contributed by atoms with Crippen LogP contribution in [0.2, 0.25) is 0 Å². The van der Waals surface area contributed by atoms with Crippen molar-refractivity contribution in [3.05, 3.63) is 210 Å². The molecule has 0 radical (unpaired) electrons. The van der Waals surface area contributed by atoms with Crippen LogP contribution in [0.15, 0.2) is 197 Å². The van der Waals surface area contributed by atoms with E-state index >= 15 is 0 Å². The molecule has 0 saturated heterocycles. The average molecular weight is 1420 g/mol. The first-order valence-corrected chi connectivity index (χ1v) is 40.6. The molecule has 3 aromatic heterocycles. The Kier molecular flexibility index (Phi) is 31.4. The predicted molar refractivity (Wildman–Crippen MR) is 397 cm³/mol. The van der Waals surface area contributed by atoms with Gasteiger partial charge in [-0.2, -0.15) is 0 Å². The average Bonchev–Trinajstić information content (AvgIpc) is 1.23. The van der Waals surface area contributed by atoms with Crippen LogP contribution in [0, 0.1) is 37.0 Å². The summed E-state index contributed by atoms with van der Waals surface area (Å²) in [6.07, 6.45) is 25.2. The lowest BCUT2D eigenvalue weighted by molar-refractivity contribution is -0.161. The van der Waals surface area contributed by atoms with Crippen LogP contribution in [-0.2, 0) is 50.8 Å². The summed E-state index contributed by atoms with van der Waals surface area (Å²) in [6.45, 7) is 21.0. The highest BCUT2D eigenvalue weighted by Gasteiger charge is 2.56. The SMILES string of the molecule is CC(C)(C)c1ccc(-[s+]2ccc3ccccc32)cc1.CCCCCN(CCCCC)CCCCC.Cc1cc([S+](c2ccccc2)c2ccccc2)cc(C)c1OC(=O)C12CC3CC(CC(C3)C1)C2.O=C(OCCS(=O)(=O)[O-])c1ccncc1.O=C(OCCS(=O)(=O)[O-])c1ccncc1. The third kappa shape index (κ3) is 25.8. The molecule has 5 aromatic carbocycles. The largest absolute Gasteiger partial charge is 0.748 e.